The molecule has 1 aliphatic heterocycles. The summed E-state index contributed by atoms with van der Waals surface area (Å²) < 4.78 is 6.14. The summed E-state index contributed by atoms with van der Waals surface area (Å²) in [6, 6.07) is 4.37. The van der Waals surface area contributed by atoms with Gasteiger partial charge in [-0.2, -0.15) is 0 Å². The van der Waals surface area contributed by atoms with Gasteiger partial charge < -0.3 is 10.1 Å². The predicted octanol–water partition coefficient (Wildman–Crippen LogP) is 3.13. The van der Waals surface area contributed by atoms with E-state index in [0.717, 1.165) is 19.5 Å². The Bertz CT molecular complexity index is 334. The smallest absolute Gasteiger partial charge is 0.104 e. The second-order valence-corrected chi connectivity index (χ2v) is 6.30. The molecule has 1 aromatic heterocycles. The lowest BCUT2D eigenvalue weighted by molar-refractivity contribution is -0.0457. The van der Waals surface area contributed by atoms with E-state index in [1.807, 2.05) is 11.3 Å². The second kappa shape index (κ2) is 5.30. The van der Waals surface area contributed by atoms with E-state index in [1.165, 1.54) is 9.75 Å². The largest absolute Gasteiger partial charge is 0.367 e. The molecule has 3 heteroatoms. The van der Waals surface area contributed by atoms with Crippen LogP contribution >= 0.6 is 11.3 Å². The molecule has 2 nitrogen and oxygen atoms in total. The van der Waals surface area contributed by atoms with Crippen molar-refractivity contribution in [3.63, 3.8) is 0 Å². The van der Waals surface area contributed by atoms with Gasteiger partial charge in [-0.3, -0.25) is 0 Å². The third-order valence-electron chi connectivity index (χ3n) is 2.87. The minimum atomic E-state index is 0.260. The SMILES string of the molecule is Cc1ccc(C2CNCC(CC(C)C)O2)s1. The molecule has 1 fully saturated rings. The van der Waals surface area contributed by atoms with Gasteiger partial charge in [-0.25, -0.2) is 0 Å². The highest BCUT2D eigenvalue weighted by molar-refractivity contribution is 7.12. The summed E-state index contributed by atoms with van der Waals surface area (Å²) in [6.45, 7) is 8.61. The molecule has 1 aromatic rings. The summed E-state index contributed by atoms with van der Waals surface area (Å²) in [4.78, 5) is 2.73. The number of morpholine rings is 1. The maximum Gasteiger partial charge on any atom is 0.104 e. The predicted molar refractivity (Wildman–Crippen MR) is 69.0 cm³/mol. The number of hydrogen-bond donors (Lipinski definition) is 1. The number of ether oxygens (including phenoxy) is 1. The lowest BCUT2D eigenvalue weighted by atomic mass is 10.0. The maximum absolute atomic E-state index is 6.14. The number of nitrogens with one attached hydrogen (secondary N) is 1. The van der Waals surface area contributed by atoms with E-state index in [1.54, 1.807) is 0 Å². The fourth-order valence-electron chi connectivity index (χ4n) is 2.16. The van der Waals surface area contributed by atoms with E-state index in [-0.39, 0.29) is 6.10 Å². The summed E-state index contributed by atoms with van der Waals surface area (Å²) in [5.41, 5.74) is 0. The summed E-state index contributed by atoms with van der Waals surface area (Å²) in [6.07, 6.45) is 1.78. The first kappa shape index (κ1) is 12.1. The van der Waals surface area contributed by atoms with Crippen LogP contribution in [0.4, 0.5) is 0 Å². The Morgan fingerprint density at radius 3 is 2.88 bits per heavy atom. The molecule has 2 rings (SSSR count). The maximum atomic E-state index is 6.14. The molecule has 2 atom stereocenters. The minimum Gasteiger partial charge on any atom is -0.367 e. The third kappa shape index (κ3) is 3.06. The van der Waals surface area contributed by atoms with Gasteiger partial charge in [0.15, 0.2) is 0 Å². The van der Waals surface area contributed by atoms with Gasteiger partial charge in [0.2, 0.25) is 0 Å². The zero-order valence-electron chi connectivity index (χ0n) is 10.3. The normalized spacial score (nSPS) is 26.2. The van der Waals surface area contributed by atoms with Crippen LogP contribution in [0.5, 0.6) is 0 Å². The first-order valence-corrected chi connectivity index (χ1v) is 6.89. The third-order valence-corrected chi connectivity index (χ3v) is 3.96. The highest BCUT2D eigenvalue weighted by Crippen LogP contribution is 2.29. The van der Waals surface area contributed by atoms with Crippen molar-refractivity contribution in [2.45, 2.75) is 39.4 Å². The van der Waals surface area contributed by atoms with E-state index in [2.05, 4.69) is 38.2 Å². The molecule has 1 N–H and O–H groups in total. The lowest BCUT2D eigenvalue weighted by Gasteiger charge is -2.31. The van der Waals surface area contributed by atoms with Crippen LogP contribution in [0.15, 0.2) is 12.1 Å². The highest BCUT2D eigenvalue weighted by Gasteiger charge is 2.24. The summed E-state index contributed by atoms with van der Waals surface area (Å²) in [5, 5.41) is 3.48. The van der Waals surface area contributed by atoms with Gasteiger partial charge >= 0.3 is 0 Å². The number of hydrogen-bond acceptors (Lipinski definition) is 3. The number of aryl methyl sites for hydroxylation is 1. The van der Waals surface area contributed by atoms with Crippen molar-refractivity contribution in [3.05, 3.63) is 21.9 Å². The molecule has 90 valence electrons. The van der Waals surface area contributed by atoms with E-state index < -0.39 is 0 Å². The van der Waals surface area contributed by atoms with Crippen molar-refractivity contribution < 1.29 is 4.74 Å². The first-order chi connectivity index (χ1) is 7.65. The molecule has 2 heterocycles. The monoisotopic (exact) mass is 239 g/mol. The Labute approximate surface area is 102 Å². The van der Waals surface area contributed by atoms with Gasteiger partial charge in [-0.15, -0.1) is 11.3 Å². The van der Waals surface area contributed by atoms with Crippen LogP contribution < -0.4 is 5.32 Å². The van der Waals surface area contributed by atoms with Gasteiger partial charge in [-0.1, -0.05) is 13.8 Å². The standard InChI is InChI=1S/C13H21NOS/c1-9(2)6-11-7-14-8-12(15-11)13-5-4-10(3)16-13/h4-5,9,11-12,14H,6-8H2,1-3H3. The van der Waals surface area contributed by atoms with Crippen molar-refractivity contribution in [2.24, 2.45) is 5.92 Å². The summed E-state index contributed by atoms with van der Waals surface area (Å²) >= 11 is 1.85. The van der Waals surface area contributed by atoms with Crippen LogP contribution in [0.25, 0.3) is 0 Å². The number of rotatable bonds is 3. The van der Waals surface area contributed by atoms with Crippen LogP contribution in [0.2, 0.25) is 0 Å². The van der Waals surface area contributed by atoms with Gasteiger partial charge in [-0.05, 0) is 31.4 Å². The van der Waals surface area contributed by atoms with Crippen molar-refractivity contribution in [2.75, 3.05) is 13.1 Å². The molecule has 0 aromatic carbocycles. The van der Waals surface area contributed by atoms with Crippen molar-refractivity contribution in [3.8, 4) is 0 Å². The van der Waals surface area contributed by atoms with E-state index in [4.69, 9.17) is 4.74 Å². The topological polar surface area (TPSA) is 21.3 Å². The molecule has 16 heavy (non-hydrogen) atoms. The van der Waals surface area contributed by atoms with Gasteiger partial charge in [0.05, 0.1) is 6.10 Å². The van der Waals surface area contributed by atoms with Crippen LogP contribution in [-0.2, 0) is 4.74 Å². The van der Waals surface area contributed by atoms with E-state index in [0.29, 0.717) is 12.0 Å². The Morgan fingerprint density at radius 1 is 1.44 bits per heavy atom. The van der Waals surface area contributed by atoms with Gasteiger partial charge in [0.25, 0.3) is 0 Å². The Kier molecular flexibility index (Phi) is 4.00. The minimum absolute atomic E-state index is 0.260. The Morgan fingerprint density at radius 2 is 2.25 bits per heavy atom. The molecule has 1 aliphatic rings. The second-order valence-electron chi connectivity index (χ2n) is 4.98. The van der Waals surface area contributed by atoms with Crippen LogP contribution in [0.3, 0.4) is 0 Å². The Hall–Kier alpha value is -0.380. The molecule has 0 amide bonds. The Balaban J connectivity index is 1.96. The zero-order chi connectivity index (χ0) is 11.5. The zero-order valence-corrected chi connectivity index (χ0v) is 11.1. The average Bonchev–Trinajstić information content (AvgIpc) is 2.64. The molecule has 0 spiro atoms. The number of thiophene rings is 1. The van der Waals surface area contributed by atoms with E-state index in [9.17, 15) is 0 Å². The first-order valence-electron chi connectivity index (χ1n) is 6.07. The van der Waals surface area contributed by atoms with Crippen molar-refractivity contribution in [1.82, 2.24) is 5.32 Å². The molecule has 1 saturated heterocycles. The summed E-state index contributed by atoms with van der Waals surface area (Å²) in [7, 11) is 0. The fourth-order valence-corrected chi connectivity index (χ4v) is 3.08. The molecular weight excluding hydrogens is 218 g/mol. The van der Waals surface area contributed by atoms with Crippen LogP contribution in [-0.4, -0.2) is 19.2 Å². The molecular formula is C13H21NOS. The van der Waals surface area contributed by atoms with Crippen LogP contribution in [0.1, 0.15) is 36.1 Å². The summed E-state index contributed by atoms with van der Waals surface area (Å²) in [5.74, 6) is 0.704. The average molecular weight is 239 g/mol. The molecule has 0 saturated carbocycles. The fraction of sp³-hybridized carbons (Fsp3) is 0.692. The quantitative estimate of drug-likeness (QED) is 0.875. The van der Waals surface area contributed by atoms with Gasteiger partial charge in [0.1, 0.15) is 6.10 Å². The highest BCUT2D eigenvalue weighted by atomic mass is 32.1. The van der Waals surface area contributed by atoms with Gasteiger partial charge in [0, 0.05) is 22.8 Å². The molecule has 2 unspecified atom stereocenters. The lowest BCUT2D eigenvalue weighted by Crippen LogP contribution is -2.40. The molecule has 0 bridgehead atoms. The van der Waals surface area contributed by atoms with Crippen molar-refractivity contribution in [1.29, 1.82) is 0 Å². The van der Waals surface area contributed by atoms with E-state index >= 15 is 0 Å². The van der Waals surface area contributed by atoms with Crippen molar-refractivity contribution >= 4 is 11.3 Å². The molecule has 0 radical (unpaired) electrons. The van der Waals surface area contributed by atoms with Crippen LogP contribution in [0, 0.1) is 12.8 Å². The molecule has 0 aliphatic carbocycles.